The van der Waals surface area contributed by atoms with Gasteiger partial charge in [-0.15, -0.1) is 0 Å². The summed E-state index contributed by atoms with van der Waals surface area (Å²) in [5.41, 5.74) is 3.62. The molecule has 1 N–H and O–H groups in total. The van der Waals surface area contributed by atoms with Crippen molar-refractivity contribution in [3.63, 3.8) is 0 Å². The van der Waals surface area contributed by atoms with Crippen LogP contribution in [0.15, 0.2) is 72.1 Å². The maximum Gasteiger partial charge on any atom is 0.243 e. The number of nitrogens with zero attached hydrogens (tertiary/aromatic N) is 4. The molecule has 3 heterocycles. The summed E-state index contributed by atoms with van der Waals surface area (Å²) in [6, 6.07) is 14.9. The van der Waals surface area contributed by atoms with Crippen LogP contribution in [-0.4, -0.2) is 44.6 Å². The van der Waals surface area contributed by atoms with E-state index in [0.717, 1.165) is 35.1 Å². The van der Waals surface area contributed by atoms with E-state index in [4.69, 9.17) is 0 Å². The van der Waals surface area contributed by atoms with Gasteiger partial charge < -0.3 is 4.57 Å². The van der Waals surface area contributed by atoms with Crippen molar-refractivity contribution in [2.75, 3.05) is 6.54 Å². The second kappa shape index (κ2) is 7.32. The minimum atomic E-state index is -3.53. The third kappa shape index (κ3) is 3.55. The fourth-order valence-electron chi connectivity index (χ4n) is 4.70. The number of hydrogen-bond donors (Lipinski definition) is 1. The zero-order valence-corrected chi connectivity index (χ0v) is 18.4. The highest BCUT2D eigenvalue weighted by Crippen LogP contribution is 2.38. The Morgan fingerprint density at radius 1 is 1.13 bits per heavy atom. The Morgan fingerprint density at radius 3 is 2.68 bits per heavy atom. The largest absolute Gasteiger partial charge is 0.330 e. The monoisotopic (exact) mass is 435 g/mol. The number of aromatic nitrogens is 4. The molecule has 1 aliphatic rings. The van der Waals surface area contributed by atoms with Gasteiger partial charge in [-0.3, -0.25) is 5.10 Å². The zero-order valence-electron chi connectivity index (χ0n) is 17.6. The molecule has 1 atom stereocenters. The van der Waals surface area contributed by atoms with Gasteiger partial charge in [0.2, 0.25) is 10.0 Å². The molecule has 7 nitrogen and oxygen atoms in total. The third-order valence-corrected chi connectivity index (χ3v) is 8.22. The normalized spacial score (nSPS) is 19.2. The van der Waals surface area contributed by atoms with E-state index in [2.05, 4.69) is 37.9 Å². The summed E-state index contributed by atoms with van der Waals surface area (Å²) in [5, 5.41) is 6.85. The summed E-state index contributed by atoms with van der Waals surface area (Å²) in [4.78, 5) is 4.93. The van der Waals surface area contributed by atoms with E-state index in [9.17, 15) is 8.42 Å². The molecule has 1 saturated heterocycles. The first-order valence-corrected chi connectivity index (χ1v) is 11.8. The number of rotatable bonds is 5. The van der Waals surface area contributed by atoms with Gasteiger partial charge in [-0.1, -0.05) is 24.3 Å². The molecule has 1 aliphatic heterocycles. The maximum absolute atomic E-state index is 13.3. The Hall–Kier alpha value is -2.97. The summed E-state index contributed by atoms with van der Waals surface area (Å²) in [7, 11) is -3.53. The van der Waals surface area contributed by atoms with Crippen LogP contribution < -0.4 is 0 Å². The van der Waals surface area contributed by atoms with Crippen LogP contribution >= 0.6 is 0 Å². The summed E-state index contributed by atoms with van der Waals surface area (Å²) < 4.78 is 30.3. The minimum Gasteiger partial charge on any atom is -0.330 e. The number of benzene rings is 2. The highest BCUT2D eigenvalue weighted by atomic mass is 32.2. The highest BCUT2D eigenvalue weighted by Gasteiger charge is 2.45. The minimum absolute atomic E-state index is 0.208. The first kappa shape index (κ1) is 20.0. The smallest absolute Gasteiger partial charge is 0.243 e. The van der Waals surface area contributed by atoms with Gasteiger partial charge in [0.25, 0.3) is 0 Å². The molecule has 0 aliphatic carbocycles. The molecule has 0 spiro atoms. The summed E-state index contributed by atoms with van der Waals surface area (Å²) in [6.45, 7) is 5.25. The molecule has 160 valence electrons. The van der Waals surface area contributed by atoms with Crippen molar-refractivity contribution < 1.29 is 8.42 Å². The molecule has 5 rings (SSSR count). The Balaban J connectivity index is 1.39. The lowest BCUT2D eigenvalue weighted by molar-refractivity contribution is 0.291. The molecule has 0 unspecified atom stereocenters. The third-order valence-electron chi connectivity index (χ3n) is 6.13. The van der Waals surface area contributed by atoms with E-state index >= 15 is 0 Å². The molecule has 0 bridgehead atoms. The van der Waals surface area contributed by atoms with Crippen molar-refractivity contribution in [1.82, 2.24) is 24.1 Å². The predicted molar refractivity (Wildman–Crippen MR) is 120 cm³/mol. The number of H-pyrrole nitrogens is 1. The van der Waals surface area contributed by atoms with Crippen LogP contribution in [0, 0.1) is 5.92 Å². The van der Waals surface area contributed by atoms with Crippen LogP contribution in [0.2, 0.25) is 0 Å². The van der Waals surface area contributed by atoms with Gasteiger partial charge in [-0.25, -0.2) is 13.4 Å². The lowest BCUT2D eigenvalue weighted by Gasteiger charge is -2.30. The maximum atomic E-state index is 13.3. The van der Waals surface area contributed by atoms with Gasteiger partial charge in [0, 0.05) is 30.4 Å². The van der Waals surface area contributed by atoms with Crippen LogP contribution in [-0.2, 0) is 16.6 Å². The number of imidazole rings is 1. The standard InChI is InChI=1S/C23H25N5O2S/c1-23(2)11-17(15-28(23)31(29,30)20-6-4-3-5-7-20)14-27-16-24-21-10-18(8-9-22(21)27)19-12-25-26-13-19/h3-10,12-13,16-17H,11,14-15H2,1-2H3,(H,25,26)/t17-/m0/s1. The average molecular weight is 436 g/mol. The van der Waals surface area contributed by atoms with Crippen LogP contribution in [0.4, 0.5) is 0 Å². The van der Waals surface area contributed by atoms with Crippen molar-refractivity contribution in [3.8, 4) is 11.1 Å². The molecule has 1 fully saturated rings. The van der Waals surface area contributed by atoms with Gasteiger partial charge in [0.1, 0.15) is 0 Å². The van der Waals surface area contributed by atoms with Crippen molar-refractivity contribution in [1.29, 1.82) is 0 Å². The van der Waals surface area contributed by atoms with Crippen LogP contribution in [0.3, 0.4) is 0 Å². The molecule has 2 aromatic heterocycles. The Morgan fingerprint density at radius 2 is 1.94 bits per heavy atom. The van der Waals surface area contributed by atoms with Gasteiger partial charge in [0.15, 0.2) is 0 Å². The molecule has 2 aromatic carbocycles. The van der Waals surface area contributed by atoms with E-state index in [0.29, 0.717) is 11.4 Å². The van der Waals surface area contributed by atoms with E-state index in [1.807, 2.05) is 32.4 Å². The van der Waals surface area contributed by atoms with E-state index < -0.39 is 15.6 Å². The quantitative estimate of drug-likeness (QED) is 0.515. The zero-order chi connectivity index (χ0) is 21.6. The van der Waals surface area contributed by atoms with Crippen LogP contribution in [0.1, 0.15) is 20.3 Å². The lowest BCUT2D eigenvalue weighted by Crippen LogP contribution is -2.42. The van der Waals surface area contributed by atoms with Crippen molar-refractivity contribution >= 4 is 21.1 Å². The van der Waals surface area contributed by atoms with Crippen LogP contribution in [0.5, 0.6) is 0 Å². The van der Waals surface area contributed by atoms with Crippen molar-refractivity contribution in [2.24, 2.45) is 5.92 Å². The summed E-state index contributed by atoms with van der Waals surface area (Å²) in [5.74, 6) is 0.208. The summed E-state index contributed by atoms with van der Waals surface area (Å²) >= 11 is 0. The van der Waals surface area contributed by atoms with E-state index in [-0.39, 0.29) is 5.92 Å². The molecule has 31 heavy (non-hydrogen) atoms. The van der Waals surface area contributed by atoms with Crippen molar-refractivity contribution in [3.05, 3.63) is 67.3 Å². The number of aromatic amines is 1. The number of hydrogen-bond acceptors (Lipinski definition) is 4. The number of fused-ring (bicyclic) bond motifs is 1. The number of sulfonamides is 1. The van der Waals surface area contributed by atoms with Crippen LogP contribution in [0.25, 0.3) is 22.2 Å². The molecule has 0 amide bonds. The molecular weight excluding hydrogens is 410 g/mol. The SMILES string of the molecule is CC1(C)C[C@@H](Cn2cnc3cc(-c4cn[nH]c4)ccc32)CN1S(=O)(=O)c1ccccc1. The summed E-state index contributed by atoms with van der Waals surface area (Å²) in [6.07, 6.45) is 6.30. The molecule has 0 radical (unpaired) electrons. The van der Waals surface area contributed by atoms with Gasteiger partial charge >= 0.3 is 0 Å². The highest BCUT2D eigenvalue weighted by molar-refractivity contribution is 7.89. The second-order valence-corrected chi connectivity index (χ2v) is 10.7. The van der Waals surface area contributed by atoms with E-state index in [1.165, 1.54) is 0 Å². The predicted octanol–water partition coefficient (Wildman–Crippen LogP) is 3.92. The van der Waals surface area contributed by atoms with Gasteiger partial charge in [-0.05, 0) is 56.0 Å². The molecular formula is C23H25N5O2S. The second-order valence-electron chi connectivity index (χ2n) is 8.82. The fraction of sp³-hybridized carbons (Fsp3) is 0.304. The number of nitrogens with one attached hydrogen (secondary N) is 1. The molecule has 4 aromatic rings. The molecule has 0 saturated carbocycles. The van der Waals surface area contributed by atoms with Crippen molar-refractivity contribution in [2.45, 2.75) is 37.2 Å². The van der Waals surface area contributed by atoms with Gasteiger partial charge in [-0.2, -0.15) is 9.40 Å². The Labute approximate surface area is 181 Å². The topological polar surface area (TPSA) is 83.9 Å². The fourth-order valence-corrected chi connectivity index (χ4v) is 6.58. The first-order chi connectivity index (χ1) is 14.8. The lowest BCUT2D eigenvalue weighted by atomic mass is 9.97. The van der Waals surface area contributed by atoms with E-state index in [1.54, 1.807) is 34.8 Å². The van der Waals surface area contributed by atoms with Gasteiger partial charge in [0.05, 0.1) is 28.5 Å². The Kier molecular flexibility index (Phi) is 4.71. The average Bonchev–Trinajstić information content (AvgIpc) is 3.48. The molecule has 8 heteroatoms. The Bertz CT molecular complexity index is 1310. The first-order valence-electron chi connectivity index (χ1n) is 10.4.